The molecular formula is C12H15NO4S. The minimum Gasteiger partial charge on any atom is -0.479 e. The molecule has 0 saturated carbocycles. The Kier molecular flexibility index (Phi) is 3.98. The van der Waals surface area contributed by atoms with Crippen LogP contribution in [0.3, 0.4) is 0 Å². The highest BCUT2D eigenvalue weighted by Gasteiger charge is 2.34. The van der Waals surface area contributed by atoms with Crippen LogP contribution in [-0.4, -0.2) is 29.2 Å². The number of carboxylic acid groups (broad SMARTS) is 1. The molecule has 1 amide bonds. The van der Waals surface area contributed by atoms with E-state index in [9.17, 15) is 9.59 Å². The lowest BCUT2D eigenvalue weighted by Gasteiger charge is -2.11. The maximum absolute atomic E-state index is 11.8. The Morgan fingerprint density at radius 1 is 1.44 bits per heavy atom. The van der Waals surface area contributed by atoms with Crippen LogP contribution in [0.15, 0.2) is 12.1 Å². The standard InChI is InChI=1S/C12H15NO4S/c1-7-2-3-8(18-7)6-13-11(14)9-4-5-10(17-9)12(15)16/h2-3,9-10H,4-6H2,1H3,(H,13,14)(H,15,16)/t9-,10+/m0/s1. The summed E-state index contributed by atoms with van der Waals surface area (Å²) in [5.74, 6) is -1.23. The molecule has 98 valence electrons. The lowest BCUT2D eigenvalue weighted by Crippen LogP contribution is -2.35. The highest BCUT2D eigenvalue weighted by Crippen LogP contribution is 2.20. The molecule has 5 nitrogen and oxygen atoms in total. The smallest absolute Gasteiger partial charge is 0.332 e. The topological polar surface area (TPSA) is 75.6 Å². The zero-order valence-electron chi connectivity index (χ0n) is 10.0. The second-order valence-corrected chi connectivity index (χ2v) is 5.63. The molecule has 1 saturated heterocycles. The van der Waals surface area contributed by atoms with Crippen molar-refractivity contribution >= 4 is 23.2 Å². The molecule has 1 fully saturated rings. The third-order valence-corrected chi connectivity index (χ3v) is 3.82. The molecule has 0 aromatic carbocycles. The fraction of sp³-hybridized carbons (Fsp3) is 0.500. The molecule has 1 aromatic rings. The van der Waals surface area contributed by atoms with Crippen LogP contribution in [0.2, 0.25) is 0 Å². The molecule has 1 aliphatic heterocycles. The third-order valence-electron chi connectivity index (χ3n) is 2.82. The van der Waals surface area contributed by atoms with Gasteiger partial charge in [0.15, 0.2) is 6.10 Å². The molecule has 2 N–H and O–H groups in total. The van der Waals surface area contributed by atoms with Gasteiger partial charge in [-0.3, -0.25) is 4.79 Å². The number of hydrogen-bond donors (Lipinski definition) is 2. The van der Waals surface area contributed by atoms with Crippen LogP contribution in [-0.2, 0) is 20.9 Å². The summed E-state index contributed by atoms with van der Waals surface area (Å²) in [6.45, 7) is 2.47. The first-order chi connectivity index (χ1) is 8.56. The van der Waals surface area contributed by atoms with Gasteiger partial charge in [-0.1, -0.05) is 0 Å². The van der Waals surface area contributed by atoms with Gasteiger partial charge < -0.3 is 15.2 Å². The Hall–Kier alpha value is -1.40. The number of rotatable bonds is 4. The van der Waals surface area contributed by atoms with E-state index in [1.807, 2.05) is 19.1 Å². The minimum atomic E-state index is -1.00. The Morgan fingerprint density at radius 3 is 2.72 bits per heavy atom. The number of thiophene rings is 1. The number of aryl methyl sites for hydroxylation is 1. The summed E-state index contributed by atoms with van der Waals surface area (Å²) in [6, 6.07) is 3.97. The van der Waals surface area contributed by atoms with Gasteiger partial charge in [-0.25, -0.2) is 4.79 Å². The van der Waals surface area contributed by atoms with Gasteiger partial charge >= 0.3 is 5.97 Å². The van der Waals surface area contributed by atoms with Crippen LogP contribution in [0.5, 0.6) is 0 Å². The number of nitrogens with one attached hydrogen (secondary N) is 1. The first-order valence-corrected chi connectivity index (χ1v) is 6.59. The molecular weight excluding hydrogens is 254 g/mol. The predicted molar refractivity (Wildman–Crippen MR) is 66.4 cm³/mol. The van der Waals surface area contributed by atoms with E-state index in [1.54, 1.807) is 11.3 Å². The van der Waals surface area contributed by atoms with Gasteiger partial charge in [0.2, 0.25) is 5.91 Å². The fourth-order valence-electron chi connectivity index (χ4n) is 1.88. The van der Waals surface area contributed by atoms with E-state index in [1.165, 1.54) is 4.88 Å². The number of carboxylic acids is 1. The van der Waals surface area contributed by atoms with Crippen molar-refractivity contribution in [2.45, 2.75) is 38.5 Å². The summed E-state index contributed by atoms with van der Waals surface area (Å²) < 4.78 is 5.17. The highest BCUT2D eigenvalue weighted by atomic mass is 32.1. The number of ether oxygens (including phenoxy) is 1. The molecule has 0 unspecified atom stereocenters. The molecule has 0 radical (unpaired) electrons. The maximum Gasteiger partial charge on any atom is 0.332 e. The van der Waals surface area contributed by atoms with Gasteiger partial charge in [-0.15, -0.1) is 11.3 Å². The molecule has 2 rings (SSSR count). The van der Waals surface area contributed by atoms with E-state index in [4.69, 9.17) is 9.84 Å². The molecule has 0 bridgehead atoms. The maximum atomic E-state index is 11.8. The fourth-order valence-corrected chi connectivity index (χ4v) is 2.71. The number of aliphatic carboxylic acids is 1. The quantitative estimate of drug-likeness (QED) is 0.864. The van der Waals surface area contributed by atoms with Gasteiger partial charge in [0.05, 0.1) is 6.54 Å². The van der Waals surface area contributed by atoms with E-state index in [2.05, 4.69) is 5.32 Å². The van der Waals surface area contributed by atoms with Gasteiger partial charge in [-0.05, 0) is 31.9 Å². The van der Waals surface area contributed by atoms with Crippen LogP contribution in [0, 0.1) is 6.92 Å². The average Bonchev–Trinajstić information content (AvgIpc) is 2.94. The normalized spacial score (nSPS) is 22.9. The van der Waals surface area contributed by atoms with E-state index in [-0.39, 0.29) is 5.91 Å². The van der Waals surface area contributed by atoms with Crippen molar-refractivity contribution < 1.29 is 19.4 Å². The lowest BCUT2D eigenvalue weighted by atomic mass is 10.2. The molecule has 2 heterocycles. The number of amides is 1. The van der Waals surface area contributed by atoms with Crippen LogP contribution < -0.4 is 5.32 Å². The van der Waals surface area contributed by atoms with Crippen molar-refractivity contribution in [1.82, 2.24) is 5.32 Å². The van der Waals surface area contributed by atoms with E-state index in [0.717, 1.165) is 4.88 Å². The van der Waals surface area contributed by atoms with Crippen molar-refractivity contribution in [3.05, 3.63) is 21.9 Å². The SMILES string of the molecule is Cc1ccc(CNC(=O)[C@@H]2CC[C@H](C(=O)O)O2)s1. The van der Waals surface area contributed by atoms with Crippen LogP contribution in [0.4, 0.5) is 0 Å². The molecule has 0 aliphatic carbocycles. The van der Waals surface area contributed by atoms with Crippen molar-refractivity contribution in [2.24, 2.45) is 0 Å². The average molecular weight is 269 g/mol. The molecule has 18 heavy (non-hydrogen) atoms. The summed E-state index contributed by atoms with van der Waals surface area (Å²) in [5, 5.41) is 11.5. The van der Waals surface area contributed by atoms with Gasteiger partial charge in [-0.2, -0.15) is 0 Å². The van der Waals surface area contributed by atoms with E-state index >= 15 is 0 Å². The zero-order valence-corrected chi connectivity index (χ0v) is 10.8. The largest absolute Gasteiger partial charge is 0.479 e. The summed E-state index contributed by atoms with van der Waals surface area (Å²) in [5.41, 5.74) is 0. The predicted octanol–water partition coefficient (Wildman–Crippen LogP) is 1.30. The third kappa shape index (κ3) is 3.08. The number of carbonyl (C=O) groups excluding carboxylic acids is 1. The van der Waals surface area contributed by atoms with Crippen molar-refractivity contribution in [2.75, 3.05) is 0 Å². The first kappa shape index (κ1) is 13.0. The Morgan fingerprint density at radius 2 is 2.17 bits per heavy atom. The van der Waals surface area contributed by atoms with Gasteiger partial charge in [0, 0.05) is 9.75 Å². The number of hydrogen-bond acceptors (Lipinski definition) is 4. The van der Waals surface area contributed by atoms with Crippen LogP contribution >= 0.6 is 11.3 Å². The zero-order chi connectivity index (χ0) is 13.1. The van der Waals surface area contributed by atoms with Crippen molar-refractivity contribution in [1.29, 1.82) is 0 Å². The van der Waals surface area contributed by atoms with Crippen molar-refractivity contribution in [3.63, 3.8) is 0 Å². The summed E-state index contributed by atoms with van der Waals surface area (Å²) in [4.78, 5) is 24.7. The Labute approximate surface area is 109 Å². The van der Waals surface area contributed by atoms with E-state index < -0.39 is 18.2 Å². The van der Waals surface area contributed by atoms with Crippen LogP contribution in [0.1, 0.15) is 22.6 Å². The molecule has 6 heteroatoms. The highest BCUT2D eigenvalue weighted by molar-refractivity contribution is 7.11. The first-order valence-electron chi connectivity index (χ1n) is 5.77. The molecule has 1 aromatic heterocycles. The summed E-state index contributed by atoms with van der Waals surface area (Å²) in [6.07, 6.45) is -0.616. The molecule has 0 spiro atoms. The summed E-state index contributed by atoms with van der Waals surface area (Å²) >= 11 is 1.63. The van der Waals surface area contributed by atoms with Crippen molar-refractivity contribution in [3.8, 4) is 0 Å². The lowest BCUT2D eigenvalue weighted by molar-refractivity contribution is -0.151. The molecule has 2 atom stereocenters. The second-order valence-electron chi connectivity index (χ2n) is 4.26. The summed E-state index contributed by atoms with van der Waals surface area (Å²) in [7, 11) is 0. The second kappa shape index (κ2) is 5.49. The van der Waals surface area contributed by atoms with Gasteiger partial charge in [0.25, 0.3) is 0 Å². The molecule has 1 aliphatic rings. The monoisotopic (exact) mass is 269 g/mol. The van der Waals surface area contributed by atoms with Gasteiger partial charge in [0.1, 0.15) is 6.10 Å². The number of carbonyl (C=O) groups is 2. The Bertz CT molecular complexity index is 457. The Balaban J connectivity index is 1.80. The van der Waals surface area contributed by atoms with Crippen LogP contribution in [0.25, 0.3) is 0 Å². The van der Waals surface area contributed by atoms with E-state index in [0.29, 0.717) is 19.4 Å². The minimum absolute atomic E-state index is 0.232.